The molecule has 2 heterocycles. The average molecular weight is 384 g/mol. The van der Waals surface area contributed by atoms with Gasteiger partial charge in [0.1, 0.15) is 5.82 Å². The first-order chi connectivity index (χ1) is 12.9. The molecule has 2 aromatic heterocycles. The van der Waals surface area contributed by atoms with E-state index in [9.17, 15) is 12.8 Å². The van der Waals surface area contributed by atoms with E-state index in [1.807, 2.05) is 12.1 Å². The van der Waals surface area contributed by atoms with Crippen LogP contribution in [-0.2, 0) is 9.84 Å². The molecule has 0 amide bonds. The molecule has 4 aromatic rings. The maximum atomic E-state index is 13.0. The van der Waals surface area contributed by atoms with Crippen LogP contribution in [0, 0.1) is 5.82 Å². The Morgan fingerprint density at radius 2 is 1.67 bits per heavy atom. The van der Waals surface area contributed by atoms with Crippen molar-refractivity contribution in [2.45, 2.75) is 4.90 Å². The third kappa shape index (κ3) is 4.68. The van der Waals surface area contributed by atoms with Gasteiger partial charge in [0.05, 0.1) is 22.5 Å². The van der Waals surface area contributed by atoms with Crippen molar-refractivity contribution < 1.29 is 12.8 Å². The van der Waals surface area contributed by atoms with Crippen LogP contribution in [0.1, 0.15) is 0 Å². The van der Waals surface area contributed by atoms with Gasteiger partial charge in [0.2, 0.25) is 0 Å². The van der Waals surface area contributed by atoms with Crippen LogP contribution in [0.2, 0.25) is 0 Å². The van der Waals surface area contributed by atoms with Crippen LogP contribution in [0.5, 0.6) is 0 Å². The Labute approximate surface area is 156 Å². The largest absolute Gasteiger partial charge is 0.286 e. The molecule has 6 nitrogen and oxygen atoms in total. The van der Waals surface area contributed by atoms with Crippen LogP contribution >= 0.6 is 0 Å². The Morgan fingerprint density at radius 1 is 0.963 bits per heavy atom. The molecule has 4 rings (SSSR count). The zero-order valence-corrected chi connectivity index (χ0v) is 15.3. The first-order valence-electron chi connectivity index (χ1n) is 7.99. The lowest BCUT2D eigenvalue weighted by atomic mass is 10.1. The van der Waals surface area contributed by atoms with Crippen LogP contribution in [0.4, 0.5) is 4.39 Å². The molecule has 0 radical (unpaired) electrons. The summed E-state index contributed by atoms with van der Waals surface area (Å²) in [5, 5.41) is 10.4. The van der Waals surface area contributed by atoms with Gasteiger partial charge in [0.25, 0.3) is 0 Å². The molecule has 0 saturated heterocycles. The number of rotatable bonds is 3. The van der Waals surface area contributed by atoms with Gasteiger partial charge in [-0.05, 0) is 48.5 Å². The lowest BCUT2D eigenvalue weighted by Crippen LogP contribution is -2.00. The van der Waals surface area contributed by atoms with E-state index in [0.717, 1.165) is 16.9 Å². The molecule has 0 saturated carbocycles. The molecule has 0 fully saturated rings. The van der Waals surface area contributed by atoms with Crippen molar-refractivity contribution in [3.63, 3.8) is 0 Å². The molecule has 0 spiro atoms. The van der Waals surface area contributed by atoms with Crippen LogP contribution < -0.4 is 0 Å². The van der Waals surface area contributed by atoms with Crippen molar-refractivity contribution in [3.05, 3.63) is 85.1 Å². The molecule has 1 N–H and O–H groups in total. The minimum absolute atomic E-state index is 0.268. The first-order valence-corrected chi connectivity index (χ1v) is 9.88. The zero-order valence-electron chi connectivity index (χ0n) is 14.4. The summed E-state index contributed by atoms with van der Waals surface area (Å²) in [5.74, 6) is -0.310. The minimum atomic E-state index is -3.22. The molecule has 8 heteroatoms. The normalized spacial score (nSPS) is 10.9. The molecule has 0 atom stereocenters. The monoisotopic (exact) mass is 384 g/mol. The van der Waals surface area contributed by atoms with Gasteiger partial charge in [-0.1, -0.05) is 12.1 Å². The van der Waals surface area contributed by atoms with Crippen LogP contribution in [0.15, 0.2) is 84.1 Å². The molecule has 0 unspecified atom stereocenters. The Kier molecular flexibility index (Phi) is 5.46. The third-order valence-corrected chi connectivity index (χ3v) is 4.83. The summed E-state index contributed by atoms with van der Waals surface area (Å²) in [6, 6.07) is 16.2. The molecular formula is C19H17FN4O2S. The van der Waals surface area contributed by atoms with Crippen LogP contribution in [-0.4, -0.2) is 34.7 Å². The lowest BCUT2D eigenvalue weighted by Gasteiger charge is -2.08. The second-order valence-corrected chi connectivity index (χ2v) is 7.68. The number of aromatic nitrogens is 4. The van der Waals surface area contributed by atoms with E-state index in [0.29, 0.717) is 0 Å². The number of sulfone groups is 1. The predicted octanol–water partition coefficient (Wildman–Crippen LogP) is 3.49. The summed E-state index contributed by atoms with van der Waals surface area (Å²) in [4.78, 5) is 0.268. The molecule has 0 aliphatic rings. The van der Waals surface area contributed by atoms with E-state index in [-0.39, 0.29) is 10.7 Å². The standard InChI is InChI=1S/C16H13FN2O2S.C3H4N2/c1-22(20,21)15-8-2-12(3-9-15)16-10-11-18-19(16)14-6-4-13(17)5-7-14;1-2-4-5-3-1/h2-11H,1H3;1-3H,(H,4,5). The quantitative estimate of drug-likeness (QED) is 0.586. The lowest BCUT2D eigenvalue weighted by molar-refractivity contribution is 0.602. The SMILES string of the molecule is CS(=O)(=O)c1ccc(-c2ccnn2-c2ccc(F)cc2)cc1.c1cn[nH]c1. The fourth-order valence-corrected chi connectivity index (χ4v) is 3.03. The maximum Gasteiger partial charge on any atom is 0.175 e. The second kappa shape index (κ2) is 7.96. The number of benzene rings is 2. The Morgan fingerprint density at radius 3 is 2.19 bits per heavy atom. The fraction of sp³-hybridized carbons (Fsp3) is 0.0526. The molecule has 2 aromatic carbocycles. The van der Waals surface area contributed by atoms with Crippen molar-refractivity contribution in [1.82, 2.24) is 20.0 Å². The first kappa shape index (κ1) is 18.5. The highest BCUT2D eigenvalue weighted by Crippen LogP contribution is 2.24. The molecule has 0 aliphatic heterocycles. The number of H-pyrrole nitrogens is 1. The highest BCUT2D eigenvalue weighted by molar-refractivity contribution is 7.90. The molecular weight excluding hydrogens is 367 g/mol. The van der Waals surface area contributed by atoms with Gasteiger partial charge in [-0.25, -0.2) is 17.5 Å². The molecule has 27 heavy (non-hydrogen) atoms. The van der Waals surface area contributed by atoms with E-state index in [4.69, 9.17) is 0 Å². The number of hydrogen-bond donors (Lipinski definition) is 1. The van der Waals surface area contributed by atoms with Crippen molar-refractivity contribution in [2.75, 3.05) is 6.26 Å². The molecule has 0 aliphatic carbocycles. The Bertz CT molecular complexity index is 1070. The summed E-state index contributed by atoms with van der Waals surface area (Å²) in [6.07, 6.45) is 6.27. The van der Waals surface area contributed by atoms with E-state index < -0.39 is 9.84 Å². The number of nitrogens with one attached hydrogen (secondary N) is 1. The van der Waals surface area contributed by atoms with Gasteiger partial charge in [0.15, 0.2) is 9.84 Å². The molecule has 0 bridgehead atoms. The summed E-state index contributed by atoms with van der Waals surface area (Å²) in [5.41, 5.74) is 2.36. The number of halogens is 1. The van der Waals surface area contributed by atoms with Gasteiger partial charge < -0.3 is 0 Å². The van der Waals surface area contributed by atoms with E-state index >= 15 is 0 Å². The van der Waals surface area contributed by atoms with Gasteiger partial charge in [0, 0.05) is 24.2 Å². The Balaban J connectivity index is 0.000000364. The van der Waals surface area contributed by atoms with Crippen molar-refractivity contribution in [1.29, 1.82) is 0 Å². The van der Waals surface area contributed by atoms with Crippen molar-refractivity contribution >= 4 is 9.84 Å². The summed E-state index contributed by atoms with van der Waals surface area (Å²) in [7, 11) is -3.22. The number of aromatic amines is 1. The summed E-state index contributed by atoms with van der Waals surface area (Å²) in [6.45, 7) is 0. The highest BCUT2D eigenvalue weighted by Gasteiger charge is 2.10. The zero-order chi connectivity index (χ0) is 19.3. The predicted molar refractivity (Wildman–Crippen MR) is 101 cm³/mol. The van der Waals surface area contributed by atoms with E-state index in [1.165, 1.54) is 18.4 Å². The highest BCUT2D eigenvalue weighted by atomic mass is 32.2. The van der Waals surface area contributed by atoms with Crippen LogP contribution in [0.25, 0.3) is 16.9 Å². The van der Waals surface area contributed by atoms with Gasteiger partial charge in [-0.2, -0.15) is 10.2 Å². The van der Waals surface area contributed by atoms with Crippen molar-refractivity contribution in [2.24, 2.45) is 0 Å². The fourth-order valence-electron chi connectivity index (χ4n) is 2.40. The topological polar surface area (TPSA) is 80.6 Å². The van der Waals surface area contributed by atoms with Crippen LogP contribution in [0.3, 0.4) is 0 Å². The third-order valence-electron chi connectivity index (χ3n) is 3.70. The van der Waals surface area contributed by atoms with Gasteiger partial charge in [-0.15, -0.1) is 0 Å². The average Bonchev–Trinajstić information content (AvgIpc) is 3.37. The maximum absolute atomic E-state index is 13.0. The van der Waals surface area contributed by atoms with E-state index in [2.05, 4.69) is 15.3 Å². The Hall–Kier alpha value is -3.26. The van der Waals surface area contributed by atoms with Gasteiger partial charge in [-0.3, -0.25) is 5.10 Å². The molecule has 138 valence electrons. The van der Waals surface area contributed by atoms with Crippen molar-refractivity contribution in [3.8, 4) is 16.9 Å². The van der Waals surface area contributed by atoms with Gasteiger partial charge >= 0.3 is 0 Å². The summed E-state index contributed by atoms with van der Waals surface area (Å²) < 4.78 is 37.7. The number of nitrogens with zero attached hydrogens (tertiary/aromatic N) is 3. The minimum Gasteiger partial charge on any atom is -0.286 e. The summed E-state index contributed by atoms with van der Waals surface area (Å²) >= 11 is 0. The number of hydrogen-bond acceptors (Lipinski definition) is 4. The second-order valence-electron chi connectivity index (χ2n) is 5.67. The smallest absolute Gasteiger partial charge is 0.175 e. The van der Waals surface area contributed by atoms with E-state index in [1.54, 1.807) is 59.7 Å².